The summed E-state index contributed by atoms with van der Waals surface area (Å²) in [6.45, 7) is 17.1. The van der Waals surface area contributed by atoms with E-state index in [1.54, 1.807) is 0 Å². The second-order valence-electron chi connectivity index (χ2n) is 11.1. The molecule has 2 heterocycles. The van der Waals surface area contributed by atoms with E-state index in [0.717, 1.165) is 63.7 Å². The summed E-state index contributed by atoms with van der Waals surface area (Å²) in [7, 11) is 0. The van der Waals surface area contributed by atoms with E-state index in [1.165, 1.54) is 23.7 Å². The number of hydrogen-bond acceptors (Lipinski definition) is 4. The Morgan fingerprint density at radius 1 is 0.735 bits per heavy atom. The minimum Gasteiger partial charge on any atom is -0.444 e. The number of rotatable bonds is 4. The third-order valence-electron chi connectivity index (χ3n) is 5.75. The molecule has 2 amide bonds. The van der Waals surface area contributed by atoms with E-state index in [-0.39, 0.29) is 38.2 Å². The van der Waals surface area contributed by atoms with Gasteiger partial charge in [-0.1, -0.05) is 57.2 Å². The highest BCUT2D eigenvalue weighted by Crippen LogP contribution is 2.24. The molecular formula is C27H55IN2O4. The fraction of sp³-hybridized carbons (Fsp3) is 0.926. The number of alkyl halides is 1. The Kier molecular flexibility index (Phi) is 17.6. The maximum absolute atomic E-state index is 11.8. The molecular weight excluding hydrogens is 543 g/mol. The van der Waals surface area contributed by atoms with Crippen LogP contribution in [0.4, 0.5) is 9.59 Å². The highest BCUT2D eigenvalue weighted by Gasteiger charge is 2.27. The predicted molar refractivity (Wildman–Crippen MR) is 153 cm³/mol. The summed E-state index contributed by atoms with van der Waals surface area (Å²) in [5, 5.41) is 0. The van der Waals surface area contributed by atoms with Gasteiger partial charge in [0.15, 0.2) is 0 Å². The van der Waals surface area contributed by atoms with Crippen LogP contribution in [0.15, 0.2) is 0 Å². The number of halogens is 1. The van der Waals surface area contributed by atoms with Gasteiger partial charge in [-0.05, 0) is 89.9 Å². The molecule has 6 nitrogen and oxygen atoms in total. The quantitative estimate of drug-likeness (QED) is 0.242. The minimum absolute atomic E-state index is 0. The summed E-state index contributed by atoms with van der Waals surface area (Å²) in [6.07, 6.45) is 8.04. The van der Waals surface area contributed by atoms with E-state index in [2.05, 4.69) is 29.5 Å². The SMILES string of the molecule is C.C.CC(C)(C)OC(=O)N1CCC(CCI)CC1.CCCC1CCN(C(=O)OC(C)(C)C)CC1. The predicted octanol–water partition coefficient (Wildman–Crippen LogP) is 8.16. The smallest absolute Gasteiger partial charge is 0.410 e. The van der Waals surface area contributed by atoms with Gasteiger partial charge in [-0.25, -0.2) is 9.59 Å². The lowest BCUT2D eigenvalue weighted by molar-refractivity contribution is 0.0172. The molecule has 0 saturated carbocycles. The highest BCUT2D eigenvalue weighted by molar-refractivity contribution is 14.1. The van der Waals surface area contributed by atoms with Gasteiger partial charge in [0.05, 0.1) is 0 Å². The van der Waals surface area contributed by atoms with Crippen LogP contribution in [0, 0.1) is 11.8 Å². The molecule has 0 aromatic heterocycles. The van der Waals surface area contributed by atoms with Gasteiger partial charge in [0.2, 0.25) is 0 Å². The summed E-state index contributed by atoms with van der Waals surface area (Å²) < 4.78 is 11.9. The summed E-state index contributed by atoms with van der Waals surface area (Å²) in [6, 6.07) is 0. The number of ether oxygens (including phenoxy) is 2. The first-order valence-corrected chi connectivity index (χ1v) is 13.9. The second kappa shape index (κ2) is 16.9. The van der Waals surface area contributed by atoms with Gasteiger partial charge < -0.3 is 19.3 Å². The molecule has 0 radical (unpaired) electrons. The van der Waals surface area contributed by atoms with Gasteiger partial charge in [-0.3, -0.25) is 0 Å². The van der Waals surface area contributed by atoms with Crippen LogP contribution in [0.5, 0.6) is 0 Å². The van der Waals surface area contributed by atoms with Crippen LogP contribution in [0.2, 0.25) is 0 Å². The van der Waals surface area contributed by atoms with E-state index in [4.69, 9.17) is 9.47 Å². The van der Waals surface area contributed by atoms with Crippen LogP contribution < -0.4 is 0 Å². The zero-order valence-corrected chi connectivity index (χ0v) is 23.7. The van der Waals surface area contributed by atoms with Crippen molar-refractivity contribution in [2.24, 2.45) is 11.8 Å². The van der Waals surface area contributed by atoms with Gasteiger partial charge in [0.25, 0.3) is 0 Å². The summed E-state index contributed by atoms with van der Waals surface area (Å²) in [5.74, 6) is 1.61. The summed E-state index contributed by atoms with van der Waals surface area (Å²) in [4.78, 5) is 27.2. The molecule has 34 heavy (non-hydrogen) atoms. The summed E-state index contributed by atoms with van der Waals surface area (Å²) in [5.41, 5.74) is -0.756. The highest BCUT2D eigenvalue weighted by atomic mass is 127. The van der Waals surface area contributed by atoms with Crippen molar-refractivity contribution < 1.29 is 19.1 Å². The van der Waals surface area contributed by atoms with Crippen LogP contribution in [0.1, 0.15) is 108 Å². The first kappa shape index (κ1) is 35.4. The first-order chi connectivity index (χ1) is 14.8. The largest absolute Gasteiger partial charge is 0.444 e. The Hall–Kier alpha value is -0.730. The fourth-order valence-corrected chi connectivity index (χ4v) is 4.90. The third kappa shape index (κ3) is 15.3. The molecule has 0 aliphatic carbocycles. The van der Waals surface area contributed by atoms with Crippen molar-refractivity contribution in [1.82, 2.24) is 9.80 Å². The van der Waals surface area contributed by atoms with Crippen molar-refractivity contribution in [3.63, 3.8) is 0 Å². The fourth-order valence-electron chi connectivity index (χ4n) is 4.02. The normalized spacial score (nSPS) is 17.5. The molecule has 0 atom stereocenters. The van der Waals surface area contributed by atoms with Gasteiger partial charge in [0.1, 0.15) is 11.2 Å². The number of carbonyl (C=O) groups excluding carboxylic acids is 2. The van der Waals surface area contributed by atoms with Crippen LogP contribution in [0.3, 0.4) is 0 Å². The van der Waals surface area contributed by atoms with Crippen molar-refractivity contribution in [2.45, 2.75) is 119 Å². The van der Waals surface area contributed by atoms with Crippen LogP contribution >= 0.6 is 22.6 Å². The molecule has 2 rings (SSSR count). The van der Waals surface area contributed by atoms with Crippen LogP contribution in [-0.2, 0) is 9.47 Å². The molecule has 0 bridgehead atoms. The molecule has 2 aliphatic heterocycles. The standard InChI is InChI=1S/C13H25NO2.C12H22INO2.2CH4/c1-5-6-11-7-9-14(10-8-11)12(15)16-13(2,3)4;1-12(2,3)16-11(15)14-8-5-10(4-7-13)6-9-14;;/h11H,5-10H2,1-4H3;10H,4-9H2,1-3H3;2*1H4. The molecule has 0 unspecified atom stereocenters. The number of likely N-dealkylation sites (tertiary alicyclic amines) is 2. The van der Waals surface area contributed by atoms with E-state index in [9.17, 15) is 9.59 Å². The first-order valence-electron chi connectivity index (χ1n) is 12.4. The number of nitrogens with zero attached hydrogens (tertiary/aromatic N) is 2. The third-order valence-corrected chi connectivity index (χ3v) is 6.37. The molecule has 2 aliphatic rings. The van der Waals surface area contributed by atoms with Crippen molar-refractivity contribution in [2.75, 3.05) is 30.6 Å². The zero-order valence-electron chi connectivity index (χ0n) is 21.5. The molecule has 0 spiro atoms. The Bertz CT molecular complexity index is 506. The van der Waals surface area contributed by atoms with Crippen molar-refractivity contribution >= 4 is 34.8 Å². The molecule has 7 heteroatoms. The van der Waals surface area contributed by atoms with Crippen molar-refractivity contribution in [3.8, 4) is 0 Å². The van der Waals surface area contributed by atoms with Crippen LogP contribution in [-0.4, -0.2) is 63.8 Å². The Labute approximate surface area is 225 Å². The molecule has 2 fully saturated rings. The number of carbonyl (C=O) groups is 2. The van der Waals surface area contributed by atoms with Crippen molar-refractivity contribution in [3.05, 3.63) is 0 Å². The molecule has 0 aromatic rings. The van der Waals surface area contributed by atoms with Gasteiger partial charge >= 0.3 is 12.2 Å². The Morgan fingerprint density at radius 2 is 1.06 bits per heavy atom. The van der Waals surface area contributed by atoms with Gasteiger partial charge in [-0.2, -0.15) is 0 Å². The van der Waals surface area contributed by atoms with Crippen molar-refractivity contribution in [1.29, 1.82) is 0 Å². The van der Waals surface area contributed by atoms with Crippen LogP contribution in [0.25, 0.3) is 0 Å². The maximum Gasteiger partial charge on any atom is 0.410 e. The van der Waals surface area contributed by atoms with E-state index in [0.29, 0.717) is 0 Å². The topological polar surface area (TPSA) is 59.1 Å². The molecule has 0 aromatic carbocycles. The Morgan fingerprint density at radius 3 is 1.32 bits per heavy atom. The molecule has 204 valence electrons. The lowest BCUT2D eigenvalue weighted by Crippen LogP contribution is -2.41. The average Bonchev–Trinajstić information content (AvgIpc) is 2.67. The monoisotopic (exact) mass is 598 g/mol. The lowest BCUT2D eigenvalue weighted by atomic mass is 9.93. The van der Waals surface area contributed by atoms with E-state index >= 15 is 0 Å². The van der Waals surface area contributed by atoms with Gasteiger partial charge in [-0.15, -0.1) is 0 Å². The molecule has 2 saturated heterocycles. The van der Waals surface area contributed by atoms with Gasteiger partial charge in [0, 0.05) is 26.2 Å². The van der Waals surface area contributed by atoms with E-state index in [1.807, 2.05) is 51.3 Å². The molecule has 0 N–H and O–H groups in total. The maximum atomic E-state index is 11.8. The zero-order chi connectivity index (χ0) is 24.4. The lowest BCUT2D eigenvalue weighted by Gasteiger charge is -2.33. The number of hydrogen-bond donors (Lipinski definition) is 0. The second-order valence-corrected chi connectivity index (χ2v) is 12.2. The van der Waals surface area contributed by atoms with E-state index < -0.39 is 0 Å². The number of piperidine rings is 2. The number of amides is 2. The minimum atomic E-state index is -0.379. The Balaban J connectivity index is 0. The summed E-state index contributed by atoms with van der Waals surface area (Å²) >= 11 is 2.42. The average molecular weight is 599 g/mol.